The molecular weight excluding hydrogens is 218 g/mol. The molecule has 2 aromatic heterocycles. The monoisotopic (exact) mass is 233 g/mol. The summed E-state index contributed by atoms with van der Waals surface area (Å²) < 4.78 is 1.60. The van der Waals surface area contributed by atoms with Crippen LogP contribution in [0.1, 0.15) is 28.7 Å². The summed E-state index contributed by atoms with van der Waals surface area (Å²) in [5.74, 6) is -0.124. The lowest BCUT2D eigenvalue weighted by molar-refractivity contribution is 0.0941. The molecule has 0 saturated carbocycles. The second-order valence-corrected chi connectivity index (χ2v) is 3.79. The topological polar surface area (TPSA) is 75.6 Å². The van der Waals surface area contributed by atoms with Crippen LogP contribution in [0.25, 0.3) is 0 Å². The van der Waals surface area contributed by atoms with Crippen LogP contribution in [0.2, 0.25) is 0 Å². The average Bonchev–Trinajstić information content (AvgIpc) is 2.94. The summed E-state index contributed by atoms with van der Waals surface area (Å²) in [6.45, 7) is 2.47. The Kier molecular flexibility index (Phi) is 3.22. The second kappa shape index (κ2) is 4.82. The van der Waals surface area contributed by atoms with E-state index in [9.17, 15) is 4.79 Å². The van der Waals surface area contributed by atoms with Crippen molar-refractivity contribution in [2.75, 3.05) is 0 Å². The molecule has 0 spiro atoms. The maximum Gasteiger partial charge on any atom is 0.269 e. The molecule has 0 bridgehead atoms. The third-order valence-corrected chi connectivity index (χ3v) is 2.53. The largest absolute Gasteiger partial charge is 0.347 e. The van der Waals surface area contributed by atoms with Gasteiger partial charge in [0.05, 0.1) is 11.9 Å². The van der Waals surface area contributed by atoms with E-state index in [1.165, 1.54) is 0 Å². The molecule has 0 radical (unpaired) electrons. The first-order valence-corrected chi connectivity index (χ1v) is 5.49. The third kappa shape index (κ3) is 2.52. The van der Waals surface area contributed by atoms with Crippen LogP contribution in [0, 0.1) is 0 Å². The number of carbonyl (C=O) groups is 1. The van der Waals surface area contributed by atoms with Gasteiger partial charge in [-0.05, 0) is 12.5 Å². The maximum absolute atomic E-state index is 11.9. The van der Waals surface area contributed by atoms with Gasteiger partial charge >= 0.3 is 0 Å². The van der Waals surface area contributed by atoms with Gasteiger partial charge in [-0.3, -0.25) is 14.6 Å². The van der Waals surface area contributed by atoms with Gasteiger partial charge in [0.1, 0.15) is 5.69 Å². The smallest absolute Gasteiger partial charge is 0.269 e. The summed E-state index contributed by atoms with van der Waals surface area (Å²) in [5.41, 5.74) is 2.43. The molecule has 6 heteroatoms. The number of carbonyl (C=O) groups excluding carboxylic acids is 1. The van der Waals surface area contributed by atoms with Crippen LogP contribution >= 0.6 is 0 Å². The van der Waals surface area contributed by atoms with E-state index in [4.69, 9.17) is 0 Å². The number of aromatic amines is 1. The van der Waals surface area contributed by atoms with Gasteiger partial charge in [0, 0.05) is 25.4 Å². The Balaban J connectivity index is 2.01. The normalized spacial score (nSPS) is 10.5. The maximum atomic E-state index is 11.9. The molecule has 0 unspecified atom stereocenters. The standard InChI is InChI=1S/C11H15N5O/c1-3-9-4-10(16(2)15-9)11(17)12-5-8-6-13-14-7-8/h4,6-7H,3,5H2,1-2H3,(H,12,17)(H,13,14). The van der Waals surface area contributed by atoms with E-state index in [2.05, 4.69) is 20.6 Å². The predicted molar refractivity (Wildman–Crippen MR) is 62.3 cm³/mol. The van der Waals surface area contributed by atoms with Gasteiger partial charge in [0.15, 0.2) is 0 Å². The number of nitrogens with one attached hydrogen (secondary N) is 2. The number of rotatable bonds is 4. The van der Waals surface area contributed by atoms with Crippen molar-refractivity contribution in [2.24, 2.45) is 7.05 Å². The first kappa shape index (κ1) is 11.4. The highest BCUT2D eigenvalue weighted by Gasteiger charge is 2.12. The number of amides is 1. The lowest BCUT2D eigenvalue weighted by Crippen LogP contribution is -2.24. The van der Waals surface area contributed by atoms with Crippen molar-refractivity contribution < 1.29 is 4.79 Å². The molecule has 90 valence electrons. The van der Waals surface area contributed by atoms with Crippen molar-refractivity contribution in [3.8, 4) is 0 Å². The number of hydrogen-bond acceptors (Lipinski definition) is 3. The Morgan fingerprint density at radius 2 is 2.41 bits per heavy atom. The lowest BCUT2D eigenvalue weighted by atomic mass is 10.3. The third-order valence-electron chi connectivity index (χ3n) is 2.53. The average molecular weight is 233 g/mol. The molecule has 6 nitrogen and oxygen atoms in total. The van der Waals surface area contributed by atoms with Crippen LogP contribution < -0.4 is 5.32 Å². The minimum Gasteiger partial charge on any atom is -0.347 e. The fourth-order valence-electron chi connectivity index (χ4n) is 1.56. The van der Waals surface area contributed by atoms with Crippen LogP contribution in [-0.4, -0.2) is 25.9 Å². The first-order valence-electron chi connectivity index (χ1n) is 5.49. The molecule has 0 saturated heterocycles. The van der Waals surface area contributed by atoms with Crippen molar-refractivity contribution in [2.45, 2.75) is 19.9 Å². The van der Waals surface area contributed by atoms with Gasteiger partial charge in [-0.25, -0.2) is 0 Å². The zero-order valence-corrected chi connectivity index (χ0v) is 9.90. The fourth-order valence-corrected chi connectivity index (χ4v) is 1.56. The lowest BCUT2D eigenvalue weighted by Gasteiger charge is -2.02. The fraction of sp³-hybridized carbons (Fsp3) is 0.364. The summed E-state index contributed by atoms with van der Waals surface area (Å²) in [6, 6.07) is 1.81. The molecule has 2 heterocycles. The molecule has 0 atom stereocenters. The number of aryl methyl sites for hydroxylation is 2. The van der Waals surface area contributed by atoms with E-state index in [1.54, 1.807) is 24.1 Å². The highest BCUT2D eigenvalue weighted by atomic mass is 16.2. The van der Waals surface area contributed by atoms with Gasteiger partial charge in [-0.2, -0.15) is 10.2 Å². The van der Waals surface area contributed by atoms with E-state index < -0.39 is 0 Å². The zero-order chi connectivity index (χ0) is 12.3. The molecule has 17 heavy (non-hydrogen) atoms. The number of hydrogen-bond donors (Lipinski definition) is 2. The van der Waals surface area contributed by atoms with E-state index in [0.29, 0.717) is 12.2 Å². The minimum atomic E-state index is -0.124. The molecule has 0 aliphatic rings. The SMILES string of the molecule is CCc1cc(C(=O)NCc2cn[nH]c2)n(C)n1. The summed E-state index contributed by atoms with van der Waals surface area (Å²) in [7, 11) is 1.77. The molecule has 0 aliphatic heterocycles. The van der Waals surface area contributed by atoms with E-state index in [-0.39, 0.29) is 5.91 Å². The van der Waals surface area contributed by atoms with Gasteiger partial charge in [-0.1, -0.05) is 6.92 Å². The predicted octanol–water partition coefficient (Wildman–Crippen LogP) is 0.636. The van der Waals surface area contributed by atoms with Crippen LogP contribution in [0.15, 0.2) is 18.5 Å². The molecule has 0 aromatic carbocycles. The van der Waals surface area contributed by atoms with E-state index in [0.717, 1.165) is 17.7 Å². The van der Waals surface area contributed by atoms with Crippen LogP contribution in [0.5, 0.6) is 0 Å². The summed E-state index contributed by atoms with van der Waals surface area (Å²) in [6.07, 6.45) is 4.25. The Labute approximate surface area is 99.0 Å². The van der Waals surface area contributed by atoms with Gasteiger partial charge < -0.3 is 5.32 Å². The highest BCUT2D eigenvalue weighted by molar-refractivity contribution is 5.92. The summed E-state index contributed by atoms with van der Waals surface area (Å²) in [4.78, 5) is 11.9. The van der Waals surface area contributed by atoms with Crippen molar-refractivity contribution in [1.29, 1.82) is 0 Å². The molecule has 0 fully saturated rings. The Morgan fingerprint density at radius 3 is 3.00 bits per heavy atom. The highest BCUT2D eigenvalue weighted by Crippen LogP contribution is 2.04. The van der Waals surface area contributed by atoms with Crippen LogP contribution in [0.3, 0.4) is 0 Å². The van der Waals surface area contributed by atoms with Crippen LogP contribution in [-0.2, 0) is 20.0 Å². The van der Waals surface area contributed by atoms with Crippen LogP contribution in [0.4, 0.5) is 0 Å². The number of nitrogens with zero attached hydrogens (tertiary/aromatic N) is 3. The van der Waals surface area contributed by atoms with Gasteiger partial charge in [0.2, 0.25) is 0 Å². The summed E-state index contributed by atoms with van der Waals surface area (Å²) in [5, 5.41) is 13.6. The van der Waals surface area contributed by atoms with Crippen molar-refractivity contribution >= 4 is 5.91 Å². The number of H-pyrrole nitrogens is 1. The molecule has 1 amide bonds. The molecule has 2 N–H and O–H groups in total. The quantitative estimate of drug-likeness (QED) is 0.813. The second-order valence-electron chi connectivity index (χ2n) is 3.79. The molecular formula is C11H15N5O. The summed E-state index contributed by atoms with van der Waals surface area (Å²) >= 11 is 0. The molecule has 2 aromatic rings. The number of aromatic nitrogens is 4. The zero-order valence-electron chi connectivity index (χ0n) is 9.90. The Hall–Kier alpha value is -2.11. The van der Waals surface area contributed by atoms with Crippen molar-refractivity contribution in [3.63, 3.8) is 0 Å². The molecule has 0 aliphatic carbocycles. The van der Waals surface area contributed by atoms with E-state index in [1.807, 2.05) is 13.0 Å². The minimum absolute atomic E-state index is 0.124. The van der Waals surface area contributed by atoms with Gasteiger partial charge in [0.25, 0.3) is 5.91 Å². The molecule has 2 rings (SSSR count). The Bertz CT molecular complexity index is 500. The Morgan fingerprint density at radius 1 is 1.59 bits per heavy atom. The van der Waals surface area contributed by atoms with Gasteiger partial charge in [-0.15, -0.1) is 0 Å². The van der Waals surface area contributed by atoms with E-state index >= 15 is 0 Å². The van der Waals surface area contributed by atoms with Crippen molar-refractivity contribution in [1.82, 2.24) is 25.3 Å². The van der Waals surface area contributed by atoms with Crippen molar-refractivity contribution in [3.05, 3.63) is 35.4 Å². The first-order chi connectivity index (χ1) is 8.20.